The number of rotatable bonds is 13. The monoisotopic (exact) mass is 761 g/mol. The number of primary amides is 2. The normalized spacial score (nSPS) is 14.1. The molecule has 1 aliphatic rings. The molecule has 0 bridgehead atoms. The smallest absolute Gasteiger partial charge is 0.276 e. The number of nitrogens with one attached hydrogen (secondary N) is 2. The van der Waals surface area contributed by atoms with Crippen LogP contribution in [0.15, 0.2) is 48.5 Å². The molecule has 18 heteroatoms. The zero-order valence-corrected chi connectivity index (χ0v) is 31.6. The van der Waals surface area contributed by atoms with E-state index in [2.05, 4.69) is 30.8 Å². The van der Waals surface area contributed by atoms with Gasteiger partial charge in [0.2, 0.25) is 29.6 Å². The van der Waals surface area contributed by atoms with Crippen LogP contribution in [-0.2, 0) is 31.0 Å². The number of carbonyl (C=O) groups excluding carboxylic acids is 5. The van der Waals surface area contributed by atoms with Crippen LogP contribution in [0.2, 0.25) is 0 Å². The zero-order chi connectivity index (χ0) is 39.8. The van der Waals surface area contributed by atoms with E-state index in [1.165, 1.54) is 6.07 Å². The van der Waals surface area contributed by atoms with Crippen molar-refractivity contribution in [3.05, 3.63) is 82.4 Å². The second kappa shape index (κ2) is 15.1. The molecule has 7 rings (SSSR count). The van der Waals surface area contributed by atoms with Gasteiger partial charge in [-0.15, -0.1) is 0 Å². The van der Waals surface area contributed by atoms with Crippen molar-refractivity contribution in [3.63, 3.8) is 0 Å². The second-order valence-electron chi connectivity index (χ2n) is 13.9. The molecule has 1 atom stereocenters. The minimum Gasteiger partial charge on any atom is -0.366 e. The molecule has 6 N–H and O–H groups in total. The summed E-state index contributed by atoms with van der Waals surface area (Å²) in [5, 5.41) is 14.5. The van der Waals surface area contributed by atoms with Crippen LogP contribution in [0, 0.1) is 19.8 Å². The summed E-state index contributed by atoms with van der Waals surface area (Å²) in [4.78, 5) is 75.7. The molecule has 5 amide bonds. The fourth-order valence-corrected chi connectivity index (χ4v) is 7.25. The molecule has 1 aliphatic heterocycles. The van der Waals surface area contributed by atoms with Gasteiger partial charge >= 0.3 is 0 Å². The Morgan fingerprint density at radius 2 is 1.23 bits per heavy atom. The molecular formula is C38H43N13O5. The number of hydrogen-bond acceptors (Lipinski definition) is 9. The van der Waals surface area contributed by atoms with Crippen LogP contribution in [-0.4, -0.2) is 86.2 Å². The number of nitrogens with two attached hydrogens (primary N) is 2. The number of aromatic nitrogens is 8. The van der Waals surface area contributed by atoms with Gasteiger partial charge in [-0.1, -0.05) is 0 Å². The molecule has 2 aromatic carbocycles. The Bertz CT molecular complexity index is 2540. The highest BCUT2D eigenvalue weighted by molar-refractivity contribution is 6.04. The molecule has 4 aromatic heterocycles. The maximum absolute atomic E-state index is 13.9. The number of nitrogens with zero attached hydrogens (tertiary/aromatic N) is 9. The van der Waals surface area contributed by atoms with Crippen LogP contribution in [0.4, 0.5) is 11.9 Å². The van der Waals surface area contributed by atoms with Crippen LogP contribution in [0.5, 0.6) is 0 Å². The van der Waals surface area contributed by atoms with Crippen LogP contribution in [0.1, 0.15) is 79.8 Å². The van der Waals surface area contributed by atoms with Crippen LogP contribution >= 0.6 is 0 Å². The quantitative estimate of drug-likeness (QED) is 0.135. The van der Waals surface area contributed by atoms with Gasteiger partial charge in [0.1, 0.15) is 17.9 Å². The third-order valence-electron chi connectivity index (χ3n) is 10.1. The largest absolute Gasteiger partial charge is 0.366 e. The van der Waals surface area contributed by atoms with E-state index in [-0.39, 0.29) is 35.8 Å². The fraction of sp³-hybridized carbons (Fsp3) is 0.342. The first-order chi connectivity index (χ1) is 26.8. The van der Waals surface area contributed by atoms with Crippen LogP contribution in [0.25, 0.3) is 22.1 Å². The van der Waals surface area contributed by atoms with Gasteiger partial charge in [-0.2, -0.15) is 10.2 Å². The van der Waals surface area contributed by atoms with E-state index in [1.54, 1.807) is 68.2 Å². The number of aryl methyl sites for hydroxylation is 5. The average Bonchev–Trinajstić information content (AvgIpc) is 4.00. The molecule has 1 fully saturated rings. The van der Waals surface area contributed by atoms with Crippen molar-refractivity contribution >= 4 is 63.5 Å². The molecule has 5 heterocycles. The first kappa shape index (κ1) is 37.5. The molecular weight excluding hydrogens is 719 g/mol. The average molecular weight is 762 g/mol. The lowest BCUT2D eigenvalue weighted by Crippen LogP contribution is -2.32. The number of anilines is 2. The van der Waals surface area contributed by atoms with E-state index in [4.69, 9.17) is 11.5 Å². The Hall–Kier alpha value is -6.85. The predicted octanol–water partition coefficient (Wildman–Crippen LogP) is 3.08. The summed E-state index contributed by atoms with van der Waals surface area (Å²) in [5.74, 6) is -1.59. The topological polar surface area (TPSA) is 236 Å². The molecule has 0 unspecified atom stereocenters. The molecule has 0 saturated carbocycles. The van der Waals surface area contributed by atoms with E-state index in [9.17, 15) is 24.0 Å². The van der Waals surface area contributed by atoms with Gasteiger partial charge in [0.05, 0.1) is 33.5 Å². The van der Waals surface area contributed by atoms with E-state index in [0.29, 0.717) is 90.0 Å². The van der Waals surface area contributed by atoms with Crippen molar-refractivity contribution in [2.45, 2.75) is 66.7 Å². The Kier molecular flexibility index (Phi) is 10.1. The summed E-state index contributed by atoms with van der Waals surface area (Å²) in [5.41, 5.74) is 15.9. The standard InChI is InChI=1S/C38H43N13O5/c1-5-50-30(15-21(3)45-50)35(55)43-37-41-26-17-24(33(39)53)7-9-28(26)48(37)14-12-23-11-13-47(19-23)32(52)20-49-29-10-8-25(34(40)54)18-27(29)42-38(49)44-36(56)31-16-22(4)46-51(31)6-2/h7-10,15-18,23H,5-6,11-14,19-20H2,1-4H3,(H2,39,53)(H2,40,54)(H,41,43,55)(H,42,44,56)/t23-/m1/s1. The lowest BCUT2D eigenvalue weighted by molar-refractivity contribution is -0.130. The second-order valence-corrected chi connectivity index (χ2v) is 13.9. The third kappa shape index (κ3) is 7.32. The third-order valence-corrected chi connectivity index (χ3v) is 10.1. The molecule has 6 aromatic rings. The molecule has 1 saturated heterocycles. The van der Waals surface area contributed by atoms with E-state index in [1.807, 2.05) is 25.3 Å². The van der Waals surface area contributed by atoms with Crippen molar-refractivity contribution in [1.82, 2.24) is 43.6 Å². The highest BCUT2D eigenvalue weighted by Crippen LogP contribution is 2.28. The fourth-order valence-electron chi connectivity index (χ4n) is 7.25. The van der Waals surface area contributed by atoms with Crippen molar-refractivity contribution in [1.29, 1.82) is 0 Å². The molecule has 0 radical (unpaired) electrons. The maximum atomic E-state index is 13.9. The summed E-state index contributed by atoms with van der Waals surface area (Å²) >= 11 is 0. The lowest BCUT2D eigenvalue weighted by atomic mass is 10.1. The lowest BCUT2D eigenvalue weighted by Gasteiger charge is -2.19. The summed E-state index contributed by atoms with van der Waals surface area (Å²) in [6.07, 6.45) is 1.41. The molecule has 290 valence electrons. The molecule has 0 spiro atoms. The molecule has 18 nitrogen and oxygen atoms in total. The number of carbonyl (C=O) groups is 5. The Morgan fingerprint density at radius 3 is 1.73 bits per heavy atom. The van der Waals surface area contributed by atoms with Crippen molar-refractivity contribution in [2.75, 3.05) is 23.7 Å². The van der Waals surface area contributed by atoms with Crippen LogP contribution < -0.4 is 22.1 Å². The number of benzene rings is 2. The zero-order valence-electron chi connectivity index (χ0n) is 31.6. The van der Waals surface area contributed by atoms with Crippen molar-refractivity contribution < 1.29 is 24.0 Å². The summed E-state index contributed by atoms with van der Waals surface area (Å²) in [6, 6.07) is 13.1. The minimum atomic E-state index is -0.624. The number of imidazole rings is 2. The minimum absolute atomic E-state index is 0.112. The van der Waals surface area contributed by atoms with E-state index in [0.717, 1.165) is 11.9 Å². The van der Waals surface area contributed by atoms with Gasteiger partial charge in [-0.3, -0.25) is 44.0 Å². The Labute approximate surface area is 320 Å². The molecule has 0 aliphatic carbocycles. The van der Waals surface area contributed by atoms with Gasteiger partial charge in [-0.05, 0) is 95.0 Å². The highest BCUT2D eigenvalue weighted by atomic mass is 16.2. The Balaban J connectivity index is 1.09. The summed E-state index contributed by atoms with van der Waals surface area (Å²) < 4.78 is 6.74. The Morgan fingerprint density at radius 1 is 0.732 bits per heavy atom. The summed E-state index contributed by atoms with van der Waals surface area (Å²) in [6.45, 7) is 9.77. The first-order valence-corrected chi connectivity index (χ1v) is 18.4. The van der Waals surface area contributed by atoms with E-state index >= 15 is 0 Å². The van der Waals surface area contributed by atoms with Gasteiger partial charge < -0.3 is 25.5 Å². The van der Waals surface area contributed by atoms with Gasteiger partial charge in [0.25, 0.3) is 11.8 Å². The SMILES string of the molecule is CCn1nc(C)cc1C(=O)Nc1nc2cc(C(N)=O)ccc2n1CC[C@H]1CCN(C(=O)Cn2c(NC(=O)c3cc(C)nn3CC)nc3cc(C(N)=O)ccc32)C1. The first-order valence-electron chi connectivity index (χ1n) is 18.4. The maximum Gasteiger partial charge on any atom is 0.276 e. The van der Waals surface area contributed by atoms with Crippen molar-refractivity contribution in [2.24, 2.45) is 17.4 Å². The highest BCUT2D eigenvalue weighted by Gasteiger charge is 2.29. The van der Waals surface area contributed by atoms with Gasteiger partial charge in [0.15, 0.2) is 0 Å². The van der Waals surface area contributed by atoms with Gasteiger partial charge in [0, 0.05) is 43.9 Å². The summed E-state index contributed by atoms with van der Waals surface area (Å²) in [7, 11) is 0. The number of likely N-dealkylation sites (tertiary alicyclic amines) is 1. The molecule has 56 heavy (non-hydrogen) atoms. The number of amides is 5. The van der Waals surface area contributed by atoms with E-state index < -0.39 is 17.7 Å². The van der Waals surface area contributed by atoms with Gasteiger partial charge in [-0.25, -0.2) is 9.97 Å². The predicted molar refractivity (Wildman–Crippen MR) is 207 cm³/mol. The van der Waals surface area contributed by atoms with Crippen LogP contribution in [0.3, 0.4) is 0 Å². The van der Waals surface area contributed by atoms with Crippen molar-refractivity contribution in [3.8, 4) is 0 Å². The number of hydrogen-bond donors (Lipinski definition) is 4. The number of fused-ring (bicyclic) bond motifs is 2.